The summed E-state index contributed by atoms with van der Waals surface area (Å²) in [7, 11) is 0. The van der Waals surface area contributed by atoms with Crippen LogP contribution in [-0.2, 0) is 20.8 Å². The van der Waals surface area contributed by atoms with E-state index in [1.807, 2.05) is 0 Å². The Bertz CT molecular complexity index is 539. The normalized spacial score (nSPS) is 14.6. The summed E-state index contributed by atoms with van der Waals surface area (Å²) in [5.41, 5.74) is 0.842. The van der Waals surface area contributed by atoms with Crippen molar-refractivity contribution >= 4 is 29.8 Å². The molecule has 1 N–H and O–H groups in total. The van der Waals surface area contributed by atoms with Gasteiger partial charge in [-0.15, -0.1) is 0 Å². The number of carbonyl (C=O) groups excluding carboxylic acids is 3. The van der Waals surface area contributed by atoms with Crippen LogP contribution in [0.2, 0.25) is 5.02 Å². The minimum atomic E-state index is -0.206. The fourth-order valence-corrected chi connectivity index (χ4v) is 2.34. The third-order valence-corrected chi connectivity index (χ3v) is 3.78. The molecule has 0 radical (unpaired) electrons. The van der Waals surface area contributed by atoms with E-state index >= 15 is 0 Å². The van der Waals surface area contributed by atoms with Crippen LogP contribution in [0.3, 0.4) is 0 Å². The molecule has 1 aromatic carbocycles. The van der Waals surface area contributed by atoms with E-state index in [9.17, 15) is 14.4 Å². The number of hydrogen-bond acceptors (Lipinski definition) is 3. The molecule has 0 aliphatic carbocycles. The zero-order valence-corrected chi connectivity index (χ0v) is 12.9. The second-order valence-corrected chi connectivity index (χ2v) is 5.54. The lowest BCUT2D eigenvalue weighted by Gasteiger charge is -2.32. The van der Waals surface area contributed by atoms with E-state index in [1.165, 1.54) is 0 Å². The number of halogens is 1. The highest BCUT2D eigenvalue weighted by Crippen LogP contribution is 2.09. The zero-order valence-electron chi connectivity index (χ0n) is 12.1. The molecular formula is C15H18ClN3O3. The van der Waals surface area contributed by atoms with Crippen LogP contribution in [0, 0.1) is 0 Å². The average molecular weight is 324 g/mol. The average Bonchev–Trinajstić information content (AvgIpc) is 2.55. The summed E-state index contributed by atoms with van der Waals surface area (Å²) in [6, 6.07) is 7.01. The highest BCUT2D eigenvalue weighted by molar-refractivity contribution is 6.30. The van der Waals surface area contributed by atoms with E-state index in [-0.39, 0.29) is 24.8 Å². The Labute approximate surface area is 134 Å². The predicted molar refractivity (Wildman–Crippen MR) is 82.4 cm³/mol. The smallest absolute Gasteiger partial charge is 0.242 e. The van der Waals surface area contributed by atoms with Gasteiger partial charge in [0.15, 0.2) is 0 Å². The van der Waals surface area contributed by atoms with Crippen molar-refractivity contribution in [3.63, 3.8) is 0 Å². The molecule has 3 amide bonds. The molecule has 22 heavy (non-hydrogen) atoms. The van der Waals surface area contributed by atoms with Gasteiger partial charge in [-0.25, -0.2) is 0 Å². The molecule has 0 spiro atoms. The van der Waals surface area contributed by atoms with Crippen molar-refractivity contribution in [2.75, 3.05) is 32.7 Å². The lowest BCUT2D eigenvalue weighted by molar-refractivity contribution is -0.135. The number of hydrogen-bond donors (Lipinski definition) is 1. The number of nitrogens with one attached hydrogen (secondary N) is 1. The van der Waals surface area contributed by atoms with Gasteiger partial charge < -0.3 is 15.1 Å². The summed E-state index contributed by atoms with van der Waals surface area (Å²) in [4.78, 5) is 37.7. The van der Waals surface area contributed by atoms with Crippen molar-refractivity contribution in [2.45, 2.75) is 6.42 Å². The molecule has 6 nitrogen and oxygen atoms in total. The molecule has 0 atom stereocenters. The van der Waals surface area contributed by atoms with E-state index in [0.717, 1.165) is 12.0 Å². The van der Waals surface area contributed by atoms with E-state index in [0.29, 0.717) is 31.2 Å². The Hall–Kier alpha value is -2.08. The van der Waals surface area contributed by atoms with Crippen LogP contribution in [0.4, 0.5) is 0 Å². The lowest BCUT2D eigenvalue weighted by Crippen LogP contribution is -2.50. The van der Waals surface area contributed by atoms with Crippen LogP contribution in [0.15, 0.2) is 24.3 Å². The van der Waals surface area contributed by atoms with Gasteiger partial charge in [0.1, 0.15) is 0 Å². The van der Waals surface area contributed by atoms with Crippen molar-refractivity contribution in [1.29, 1.82) is 0 Å². The molecule has 0 unspecified atom stereocenters. The molecule has 2 rings (SSSR count). The zero-order chi connectivity index (χ0) is 15.9. The monoisotopic (exact) mass is 323 g/mol. The molecule has 1 saturated heterocycles. The summed E-state index contributed by atoms with van der Waals surface area (Å²) in [6.45, 7) is 2.06. The Morgan fingerprint density at radius 3 is 2.36 bits per heavy atom. The van der Waals surface area contributed by atoms with Crippen LogP contribution in [-0.4, -0.2) is 60.7 Å². The number of amides is 3. The van der Waals surface area contributed by atoms with Crippen molar-refractivity contribution in [3.8, 4) is 0 Å². The summed E-state index contributed by atoms with van der Waals surface area (Å²) in [5, 5.41) is 3.24. The SMILES string of the molecule is O=CN1CCN(C(=O)CNC(=O)Cc2ccc(Cl)cc2)CC1. The third kappa shape index (κ3) is 4.73. The van der Waals surface area contributed by atoms with Crippen LogP contribution in [0.1, 0.15) is 5.56 Å². The largest absolute Gasteiger partial charge is 0.347 e. The van der Waals surface area contributed by atoms with Gasteiger partial charge in [0.25, 0.3) is 0 Å². The van der Waals surface area contributed by atoms with Crippen molar-refractivity contribution in [2.24, 2.45) is 0 Å². The van der Waals surface area contributed by atoms with Crippen molar-refractivity contribution < 1.29 is 14.4 Å². The first kappa shape index (κ1) is 16.3. The van der Waals surface area contributed by atoms with Gasteiger partial charge in [0, 0.05) is 31.2 Å². The van der Waals surface area contributed by atoms with Gasteiger partial charge in [-0.3, -0.25) is 14.4 Å². The van der Waals surface area contributed by atoms with E-state index < -0.39 is 0 Å². The topological polar surface area (TPSA) is 69.7 Å². The second kappa shape index (κ2) is 7.79. The Morgan fingerprint density at radius 2 is 1.77 bits per heavy atom. The fourth-order valence-electron chi connectivity index (χ4n) is 2.21. The van der Waals surface area contributed by atoms with Crippen LogP contribution in [0.25, 0.3) is 0 Å². The maximum absolute atomic E-state index is 12.0. The highest BCUT2D eigenvalue weighted by atomic mass is 35.5. The molecule has 1 aliphatic heterocycles. The van der Waals surface area contributed by atoms with E-state index in [4.69, 9.17) is 11.6 Å². The molecule has 7 heteroatoms. The van der Waals surface area contributed by atoms with E-state index in [1.54, 1.807) is 34.1 Å². The molecule has 1 fully saturated rings. The molecule has 1 aliphatic rings. The van der Waals surface area contributed by atoms with Crippen molar-refractivity contribution in [1.82, 2.24) is 15.1 Å². The lowest BCUT2D eigenvalue weighted by atomic mass is 10.1. The minimum absolute atomic E-state index is 0.0203. The maximum atomic E-state index is 12.0. The first-order valence-corrected chi connectivity index (χ1v) is 7.44. The number of rotatable bonds is 5. The fraction of sp³-hybridized carbons (Fsp3) is 0.400. The molecule has 1 heterocycles. The molecule has 0 saturated carbocycles. The summed E-state index contributed by atoms with van der Waals surface area (Å²) >= 11 is 5.78. The Balaban J connectivity index is 1.73. The highest BCUT2D eigenvalue weighted by Gasteiger charge is 2.20. The first-order chi connectivity index (χ1) is 10.6. The molecule has 1 aromatic rings. The minimum Gasteiger partial charge on any atom is -0.347 e. The third-order valence-electron chi connectivity index (χ3n) is 3.53. The Kier molecular flexibility index (Phi) is 5.77. The van der Waals surface area contributed by atoms with Crippen LogP contribution >= 0.6 is 11.6 Å². The van der Waals surface area contributed by atoms with Gasteiger partial charge in [-0.1, -0.05) is 23.7 Å². The van der Waals surface area contributed by atoms with Crippen LogP contribution in [0.5, 0.6) is 0 Å². The number of benzene rings is 1. The number of nitrogens with zero attached hydrogens (tertiary/aromatic N) is 2. The predicted octanol–water partition coefficient (Wildman–Crippen LogP) is 0.299. The molecular weight excluding hydrogens is 306 g/mol. The molecule has 0 bridgehead atoms. The van der Waals surface area contributed by atoms with E-state index in [2.05, 4.69) is 5.32 Å². The van der Waals surface area contributed by atoms with Crippen molar-refractivity contribution in [3.05, 3.63) is 34.9 Å². The van der Waals surface area contributed by atoms with Gasteiger partial charge in [0.2, 0.25) is 18.2 Å². The summed E-state index contributed by atoms with van der Waals surface area (Å²) < 4.78 is 0. The summed E-state index contributed by atoms with van der Waals surface area (Å²) in [5.74, 6) is -0.336. The summed E-state index contributed by atoms with van der Waals surface area (Å²) in [6.07, 6.45) is 0.999. The first-order valence-electron chi connectivity index (χ1n) is 7.07. The Morgan fingerprint density at radius 1 is 1.14 bits per heavy atom. The van der Waals surface area contributed by atoms with Gasteiger partial charge in [-0.2, -0.15) is 0 Å². The van der Waals surface area contributed by atoms with Gasteiger partial charge in [-0.05, 0) is 17.7 Å². The van der Waals surface area contributed by atoms with Gasteiger partial charge in [0.05, 0.1) is 13.0 Å². The quantitative estimate of drug-likeness (QED) is 0.792. The van der Waals surface area contributed by atoms with Gasteiger partial charge >= 0.3 is 0 Å². The standard InChI is InChI=1S/C15H18ClN3O3/c16-13-3-1-12(2-4-13)9-14(21)17-10-15(22)19-7-5-18(11-20)6-8-19/h1-4,11H,5-10H2,(H,17,21). The molecule has 0 aromatic heterocycles. The maximum Gasteiger partial charge on any atom is 0.242 e. The number of carbonyl (C=O) groups is 3. The molecule has 118 valence electrons. The second-order valence-electron chi connectivity index (χ2n) is 5.10. The van der Waals surface area contributed by atoms with Crippen LogP contribution < -0.4 is 5.32 Å². The number of piperazine rings is 1.